The number of rotatable bonds is 8. The first-order valence-corrected chi connectivity index (χ1v) is 9.46. The maximum atomic E-state index is 12.4. The van der Waals surface area contributed by atoms with Crippen molar-refractivity contribution in [2.75, 3.05) is 6.54 Å². The fraction of sp³-hybridized carbons (Fsp3) is 0.167. The van der Waals surface area contributed by atoms with E-state index in [2.05, 4.69) is 42.5 Å². The van der Waals surface area contributed by atoms with E-state index in [9.17, 15) is 19.5 Å². The Balaban J connectivity index is 2.14. The van der Waals surface area contributed by atoms with Gasteiger partial charge in [-0.1, -0.05) is 28.1 Å². The highest BCUT2D eigenvalue weighted by atomic mass is 79.9. The van der Waals surface area contributed by atoms with Crippen molar-refractivity contribution in [3.05, 3.63) is 62.6 Å². The zero-order valence-corrected chi connectivity index (χ0v) is 17.1. The highest BCUT2D eigenvalue weighted by Gasteiger charge is 2.17. The lowest BCUT2D eigenvalue weighted by Gasteiger charge is -2.10. The van der Waals surface area contributed by atoms with Gasteiger partial charge in [-0.25, -0.2) is 0 Å². The summed E-state index contributed by atoms with van der Waals surface area (Å²) < 4.78 is 6.44. The number of halogens is 2. The van der Waals surface area contributed by atoms with Gasteiger partial charge >= 0.3 is 0 Å². The lowest BCUT2D eigenvalue weighted by atomic mass is 10.2. The van der Waals surface area contributed by atoms with E-state index in [4.69, 9.17) is 4.42 Å². The molecule has 1 aromatic heterocycles. The van der Waals surface area contributed by atoms with Crippen LogP contribution in [0.15, 0.2) is 55.7 Å². The normalized spacial score (nSPS) is 11.1. The van der Waals surface area contributed by atoms with Gasteiger partial charge in [0.15, 0.2) is 10.4 Å². The van der Waals surface area contributed by atoms with E-state index in [1.54, 1.807) is 30.3 Å². The minimum absolute atomic E-state index is 0.00305. The Morgan fingerprint density at radius 1 is 1.07 bits per heavy atom. The molecular formula is C18H15Br2N2O5-. The van der Waals surface area contributed by atoms with Gasteiger partial charge in [-0.15, -0.1) is 0 Å². The first-order valence-electron chi connectivity index (χ1n) is 7.87. The summed E-state index contributed by atoms with van der Waals surface area (Å²) in [6, 6.07) is 10.2. The lowest BCUT2D eigenvalue weighted by molar-refractivity contribution is -0.305. The summed E-state index contributed by atoms with van der Waals surface area (Å²) in [4.78, 5) is 35.2. The second-order valence-electron chi connectivity index (χ2n) is 5.40. The fourth-order valence-electron chi connectivity index (χ4n) is 2.03. The number of hydrogen-bond acceptors (Lipinski definition) is 5. The molecule has 0 bridgehead atoms. The molecule has 0 saturated heterocycles. The number of carboxylic acids is 1. The average Bonchev–Trinajstić information content (AvgIpc) is 3.06. The summed E-state index contributed by atoms with van der Waals surface area (Å²) in [6.07, 6.45) is 1.56. The molecule has 0 aliphatic rings. The van der Waals surface area contributed by atoms with Crippen LogP contribution in [0.1, 0.15) is 29.0 Å². The van der Waals surface area contributed by atoms with E-state index < -0.39 is 17.8 Å². The van der Waals surface area contributed by atoms with Crippen LogP contribution in [0.2, 0.25) is 0 Å². The number of benzene rings is 1. The van der Waals surface area contributed by atoms with Gasteiger partial charge in [0.1, 0.15) is 5.70 Å². The number of hydrogen-bond donors (Lipinski definition) is 2. The molecule has 0 radical (unpaired) electrons. The molecule has 2 aromatic rings. The largest absolute Gasteiger partial charge is 0.550 e. The molecule has 0 fully saturated rings. The van der Waals surface area contributed by atoms with Gasteiger partial charge < -0.3 is 25.0 Å². The Labute approximate surface area is 172 Å². The van der Waals surface area contributed by atoms with Gasteiger partial charge in [-0.05, 0) is 64.7 Å². The van der Waals surface area contributed by atoms with Crippen LogP contribution in [0, 0.1) is 0 Å². The highest BCUT2D eigenvalue weighted by molar-refractivity contribution is 9.10. The van der Waals surface area contributed by atoms with Gasteiger partial charge in [-0.3, -0.25) is 9.59 Å². The molecular weight excluding hydrogens is 484 g/mol. The van der Waals surface area contributed by atoms with Crippen molar-refractivity contribution in [2.24, 2.45) is 0 Å². The second kappa shape index (κ2) is 10.1. The Hall–Kier alpha value is -2.39. The van der Waals surface area contributed by atoms with Crippen molar-refractivity contribution >= 4 is 55.7 Å². The van der Waals surface area contributed by atoms with Crippen molar-refractivity contribution in [1.29, 1.82) is 0 Å². The van der Waals surface area contributed by atoms with E-state index in [1.165, 1.54) is 12.1 Å². The molecule has 0 spiro atoms. The molecule has 142 valence electrons. The molecule has 0 atom stereocenters. The van der Waals surface area contributed by atoms with Gasteiger partial charge in [-0.2, -0.15) is 0 Å². The Morgan fingerprint density at radius 3 is 2.37 bits per heavy atom. The minimum atomic E-state index is -1.19. The molecule has 1 aromatic carbocycles. The molecule has 2 N–H and O–H groups in total. The van der Waals surface area contributed by atoms with E-state index in [0.29, 0.717) is 10.2 Å². The maximum absolute atomic E-state index is 12.4. The van der Waals surface area contributed by atoms with Crippen LogP contribution in [0.5, 0.6) is 0 Å². The Bertz CT molecular complexity index is 859. The number of aliphatic carboxylic acids is 1. The summed E-state index contributed by atoms with van der Waals surface area (Å²) in [5.74, 6) is -2.29. The molecule has 0 unspecified atom stereocenters. The lowest BCUT2D eigenvalue weighted by Crippen LogP contribution is -2.35. The van der Waals surface area contributed by atoms with E-state index in [-0.39, 0.29) is 30.8 Å². The Kier molecular flexibility index (Phi) is 7.81. The van der Waals surface area contributed by atoms with Gasteiger partial charge in [0.25, 0.3) is 11.8 Å². The van der Waals surface area contributed by atoms with Crippen LogP contribution in [0.4, 0.5) is 0 Å². The van der Waals surface area contributed by atoms with Crippen molar-refractivity contribution in [2.45, 2.75) is 12.8 Å². The minimum Gasteiger partial charge on any atom is -0.550 e. The predicted molar refractivity (Wildman–Crippen MR) is 103 cm³/mol. The number of nitrogens with one attached hydrogen (secondary N) is 2. The summed E-state index contributed by atoms with van der Waals surface area (Å²) in [5.41, 5.74) is 0.697. The average molecular weight is 499 g/mol. The standard InChI is InChI=1S/C18H16Br2N2O5/c19-12-5-3-11(4-6-12)10-13(17(25)21-9-1-2-16(23)24)22-18(26)14-7-8-15(20)27-14/h3-8,10H,1-2,9H2,(H,21,25)(H,22,26)(H,23,24)/p-1/b13-10-. The van der Waals surface area contributed by atoms with Crippen molar-refractivity contribution in [3.8, 4) is 0 Å². The SMILES string of the molecule is O=C([O-])CCCNC(=O)/C(=C/c1ccc(Br)cc1)NC(=O)c1ccc(Br)o1. The molecule has 7 nitrogen and oxygen atoms in total. The number of carboxylic acid groups (broad SMARTS) is 1. The third-order valence-electron chi connectivity index (χ3n) is 3.31. The van der Waals surface area contributed by atoms with Gasteiger partial charge in [0.2, 0.25) is 0 Å². The van der Waals surface area contributed by atoms with Gasteiger partial charge in [0.05, 0.1) is 0 Å². The first kappa shape index (κ1) is 20.9. The van der Waals surface area contributed by atoms with Crippen LogP contribution in [0.3, 0.4) is 0 Å². The van der Waals surface area contributed by atoms with E-state index in [1.807, 2.05) is 0 Å². The van der Waals surface area contributed by atoms with Crippen LogP contribution in [-0.2, 0) is 9.59 Å². The third-order valence-corrected chi connectivity index (χ3v) is 4.27. The highest BCUT2D eigenvalue weighted by Crippen LogP contribution is 2.15. The topological polar surface area (TPSA) is 111 Å². The van der Waals surface area contributed by atoms with Crippen LogP contribution in [-0.4, -0.2) is 24.3 Å². The smallest absolute Gasteiger partial charge is 0.291 e. The molecule has 2 rings (SSSR count). The zero-order valence-electron chi connectivity index (χ0n) is 14.0. The molecule has 0 saturated carbocycles. The summed E-state index contributed by atoms with van der Waals surface area (Å²) in [6.45, 7) is 0.132. The fourth-order valence-corrected chi connectivity index (χ4v) is 2.61. The molecule has 0 aliphatic heterocycles. The maximum Gasteiger partial charge on any atom is 0.291 e. The predicted octanol–water partition coefficient (Wildman–Crippen LogP) is 2.22. The number of carbonyl (C=O) groups excluding carboxylic acids is 3. The van der Waals surface area contributed by atoms with E-state index >= 15 is 0 Å². The zero-order chi connectivity index (χ0) is 19.8. The third kappa shape index (κ3) is 7.03. The van der Waals surface area contributed by atoms with Crippen molar-refractivity contribution in [3.63, 3.8) is 0 Å². The quantitative estimate of drug-likeness (QED) is 0.428. The van der Waals surface area contributed by atoms with Crippen LogP contribution in [0.25, 0.3) is 6.08 Å². The number of amides is 2. The summed E-state index contributed by atoms with van der Waals surface area (Å²) in [5, 5.41) is 15.5. The number of carbonyl (C=O) groups is 3. The molecule has 1 heterocycles. The van der Waals surface area contributed by atoms with Crippen molar-refractivity contribution in [1.82, 2.24) is 10.6 Å². The van der Waals surface area contributed by atoms with Crippen molar-refractivity contribution < 1.29 is 23.9 Å². The summed E-state index contributed by atoms with van der Waals surface area (Å²) in [7, 11) is 0. The van der Waals surface area contributed by atoms with Crippen LogP contribution < -0.4 is 15.7 Å². The second-order valence-corrected chi connectivity index (χ2v) is 7.10. The van der Waals surface area contributed by atoms with Gasteiger partial charge in [0, 0.05) is 17.0 Å². The van der Waals surface area contributed by atoms with Crippen LogP contribution >= 0.6 is 31.9 Å². The molecule has 2 amide bonds. The molecule has 27 heavy (non-hydrogen) atoms. The number of furan rings is 1. The molecule has 0 aliphatic carbocycles. The first-order chi connectivity index (χ1) is 12.8. The summed E-state index contributed by atoms with van der Waals surface area (Å²) >= 11 is 6.44. The Morgan fingerprint density at radius 2 is 1.78 bits per heavy atom. The van der Waals surface area contributed by atoms with E-state index in [0.717, 1.165) is 4.47 Å². The molecule has 9 heteroatoms. The monoisotopic (exact) mass is 497 g/mol.